The summed E-state index contributed by atoms with van der Waals surface area (Å²) in [6.45, 7) is 9.73. The van der Waals surface area contributed by atoms with E-state index in [1.165, 1.54) is 0 Å². The molecule has 1 N–H and O–H groups in total. The van der Waals surface area contributed by atoms with Gasteiger partial charge in [-0.05, 0) is 24.6 Å². The molecule has 0 unspecified atom stereocenters. The standard InChI is InChI=1S/C22H29N5O3S/c1-22(2,3)21-24-18(25-30-21)14-26-8-4-9-27(11-10-26)20(29)15-5-6-17-16(13-15)23-19(28)7-12-31-17/h5-6,13H,4,7-12,14H2,1-3H3,(H,23,28). The molecule has 2 aromatic rings. The van der Waals surface area contributed by atoms with Crippen LogP contribution >= 0.6 is 11.8 Å². The van der Waals surface area contributed by atoms with Crippen LogP contribution in [0.1, 0.15) is 55.7 Å². The summed E-state index contributed by atoms with van der Waals surface area (Å²) in [6, 6.07) is 5.61. The maximum Gasteiger partial charge on any atom is 0.253 e. The fraction of sp³-hybridized carbons (Fsp3) is 0.545. The van der Waals surface area contributed by atoms with Crippen molar-refractivity contribution in [3.05, 3.63) is 35.5 Å². The van der Waals surface area contributed by atoms with Crippen molar-refractivity contribution in [3.63, 3.8) is 0 Å². The third kappa shape index (κ3) is 5.27. The molecule has 0 bridgehead atoms. The normalized spacial score (nSPS) is 18.2. The Morgan fingerprint density at radius 3 is 2.84 bits per heavy atom. The average Bonchev–Trinajstić information content (AvgIpc) is 2.96. The van der Waals surface area contributed by atoms with Crippen LogP contribution in [0.5, 0.6) is 0 Å². The van der Waals surface area contributed by atoms with Crippen molar-refractivity contribution < 1.29 is 14.1 Å². The lowest BCUT2D eigenvalue weighted by atomic mass is 9.97. The van der Waals surface area contributed by atoms with Gasteiger partial charge < -0.3 is 14.7 Å². The number of aromatic nitrogens is 2. The van der Waals surface area contributed by atoms with E-state index in [1.807, 2.05) is 43.9 Å². The Bertz CT molecular complexity index is 968. The number of fused-ring (bicyclic) bond motifs is 1. The third-order valence-electron chi connectivity index (χ3n) is 5.44. The highest BCUT2D eigenvalue weighted by Gasteiger charge is 2.25. The van der Waals surface area contributed by atoms with Gasteiger partial charge >= 0.3 is 0 Å². The van der Waals surface area contributed by atoms with Crippen molar-refractivity contribution in [1.29, 1.82) is 0 Å². The van der Waals surface area contributed by atoms with Crippen LogP contribution in [-0.2, 0) is 16.8 Å². The Hall–Kier alpha value is -2.39. The molecule has 9 heteroatoms. The van der Waals surface area contributed by atoms with Crippen LogP contribution in [-0.4, -0.2) is 63.7 Å². The van der Waals surface area contributed by atoms with Crippen LogP contribution in [0, 0.1) is 0 Å². The summed E-state index contributed by atoms with van der Waals surface area (Å²) in [5, 5.41) is 7.04. The number of rotatable bonds is 3. The van der Waals surface area contributed by atoms with Crippen LogP contribution in [0.15, 0.2) is 27.6 Å². The highest BCUT2D eigenvalue weighted by Crippen LogP contribution is 2.32. The van der Waals surface area contributed by atoms with Crippen LogP contribution in [0.25, 0.3) is 0 Å². The highest BCUT2D eigenvalue weighted by molar-refractivity contribution is 7.99. The molecule has 8 nitrogen and oxygen atoms in total. The van der Waals surface area contributed by atoms with Crippen LogP contribution in [0.3, 0.4) is 0 Å². The second-order valence-corrected chi connectivity index (χ2v) is 10.2. The minimum atomic E-state index is -0.168. The van der Waals surface area contributed by atoms with E-state index in [1.54, 1.807) is 11.8 Å². The minimum absolute atomic E-state index is 0.00246. The Labute approximate surface area is 186 Å². The number of nitrogens with one attached hydrogen (secondary N) is 1. The summed E-state index contributed by atoms with van der Waals surface area (Å²) in [5.41, 5.74) is 1.18. The molecule has 1 saturated heterocycles. The number of benzene rings is 1. The molecule has 0 atom stereocenters. The van der Waals surface area contributed by atoms with E-state index >= 15 is 0 Å². The molecule has 31 heavy (non-hydrogen) atoms. The van der Waals surface area contributed by atoms with Crippen molar-refractivity contribution in [3.8, 4) is 0 Å². The van der Waals surface area contributed by atoms with E-state index in [9.17, 15) is 9.59 Å². The molecular formula is C22H29N5O3S. The van der Waals surface area contributed by atoms with Gasteiger partial charge in [0.1, 0.15) is 0 Å². The van der Waals surface area contributed by atoms with Gasteiger partial charge in [0.05, 0.1) is 12.2 Å². The lowest BCUT2D eigenvalue weighted by Crippen LogP contribution is -2.35. The van der Waals surface area contributed by atoms with Crippen LogP contribution in [0.4, 0.5) is 5.69 Å². The molecule has 0 saturated carbocycles. The van der Waals surface area contributed by atoms with Crippen molar-refractivity contribution in [2.45, 2.75) is 50.5 Å². The lowest BCUT2D eigenvalue weighted by molar-refractivity contribution is -0.115. The van der Waals surface area contributed by atoms with E-state index in [0.717, 1.165) is 35.8 Å². The zero-order chi connectivity index (χ0) is 22.0. The molecule has 0 radical (unpaired) electrons. The molecule has 2 aliphatic heterocycles. The number of thioether (sulfide) groups is 1. The van der Waals surface area contributed by atoms with E-state index in [4.69, 9.17) is 4.52 Å². The predicted octanol–water partition coefficient (Wildman–Crippen LogP) is 3.15. The van der Waals surface area contributed by atoms with Gasteiger partial charge in [0, 0.05) is 54.2 Å². The van der Waals surface area contributed by atoms with Gasteiger partial charge in [-0.25, -0.2) is 0 Å². The maximum atomic E-state index is 13.1. The quantitative estimate of drug-likeness (QED) is 0.779. The monoisotopic (exact) mass is 443 g/mol. The van der Waals surface area contributed by atoms with Gasteiger partial charge in [-0.1, -0.05) is 25.9 Å². The van der Waals surface area contributed by atoms with Crippen LogP contribution in [0.2, 0.25) is 0 Å². The molecule has 166 valence electrons. The first-order valence-electron chi connectivity index (χ1n) is 10.7. The number of carbonyl (C=O) groups excluding carboxylic acids is 2. The average molecular weight is 444 g/mol. The second-order valence-electron chi connectivity index (χ2n) is 9.05. The van der Waals surface area contributed by atoms with Crippen molar-refractivity contribution in [1.82, 2.24) is 19.9 Å². The first kappa shape index (κ1) is 21.8. The Balaban J connectivity index is 1.39. The van der Waals surface area contributed by atoms with Gasteiger partial charge in [0.2, 0.25) is 11.8 Å². The Morgan fingerprint density at radius 2 is 2.06 bits per heavy atom. The van der Waals surface area contributed by atoms with Gasteiger partial charge in [-0.3, -0.25) is 14.5 Å². The Kier molecular flexibility index (Phi) is 6.34. The smallest absolute Gasteiger partial charge is 0.253 e. The number of hydrogen-bond acceptors (Lipinski definition) is 7. The molecular weight excluding hydrogens is 414 g/mol. The zero-order valence-corrected chi connectivity index (χ0v) is 19.1. The van der Waals surface area contributed by atoms with Gasteiger partial charge in [-0.2, -0.15) is 4.98 Å². The summed E-state index contributed by atoms with van der Waals surface area (Å²) in [6.07, 6.45) is 1.37. The molecule has 1 aromatic carbocycles. The van der Waals surface area contributed by atoms with Gasteiger partial charge in [-0.15, -0.1) is 11.8 Å². The Morgan fingerprint density at radius 1 is 1.23 bits per heavy atom. The lowest BCUT2D eigenvalue weighted by Gasteiger charge is -2.22. The van der Waals surface area contributed by atoms with Crippen molar-refractivity contribution in [2.24, 2.45) is 0 Å². The number of carbonyl (C=O) groups is 2. The fourth-order valence-corrected chi connectivity index (χ4v) is 4.63. The largest absolute Gasteiger partial charge is 0.339 e. The van der Waals surface area contributed by atoms with E-state index in [-0.39, 0.29) is 17.2 Å². The second kappa shape index (κ2) is 9.00. The first-order valence-corrected chi connectivity index (χ1v) is 11.7. The third-order valence-corrected chi connectivity index (χ3v) is 6.51. The molecule has 4 rings (SSSR count). The molecule has 2 aliphatic rings. The topological polar surface area (TPSA) is 91.6 Å². The maximum absolute atomic E-state index is 13.1. The van der Waals surface area contributed by atoms with Gasteiger partial charge in [0.15, 0.2) is 5.82 Å². The number of amides is 2. The molecule has 0 spiro atoms. The molecule has 3 heterocycles. The summed E-state index contributed by atoms with van der Waals surface area (Å²) in [4.78, 5) is 34.7. The molecule has 2 amide bonds. The first-order chi connectivity index (χ1) is 14.8. The van der Waals surface area contributed by atoms with Crippen molar-refractivity contribution in [2.75, 3.05) is 37.2 Å². The number of hydrogen-bond donors (Lipinski definition) is 1. The summed E-state index contributed by atoms with van der Waals surface area (Å²) >= 11 is 1.64. The van der Waals surface area contributed by atoms with Crippen LogP contribution < -0.4 is 5.32 Å². The number of anilines is 1. The summed E-state index contributed by atoms with van der Waals surface area (Å²) in [7, 11) is 0. The highest BCUT2D eigenvalue weighted by atomic mass is 32.2. The summed E-state index contributed by atoms with van der Waals surface area (Å²) < 4.78 is 5.40. The van der Waals surface area contributed by atoms with Crippen molar-refractivity contribution >= 4 is 29.3 Å². The molecule has 1 aromatic heterocycles. The van der Waals surface area contributed by atoms with E-state index in [2.05, 4.69) is 20.4 Å². The number of nitrogens with zero attached hydrogens (tertiary/aromatic N) is 4. The fourth-order valence-electron chi connectivity index (χ4n) is 3.69. The van der Waals surface area contributed by atoms with Gasteiger partial charge in [0.25, 0.3) is 5.91 Å². The van der Waals surface area contributed by atoms with E-state index < -0.39 is 0 Å². The SMILES string of the molecule is CC(C)(C)c1nc(CN2CCCN(C(=O)c3ccc4c(c3)NC(=O)CCS4)CC2)no1. The minimum Gasteiger partial charge on any atom is -0.339 e. The predicted molar refractivity (Wildman–Crippen MR) is 119 cm³/mol. The molecule has 0 aliphatic carbocycles. The molecule has 1 fully saturated rings. The van der Waals surface area contributed by atoms with E-state index in [0.29, 0.717) is 43.3 Å². The summed E-state index contributed by atoms with van der Waals surface area (Å²) in [5.74, 6) is 2.08. The zero-order valence-electron chi connectivity index (χ0n) is 18.3.